The highest BCUT2D eigenvalue weighted by Crippen LogP contribution is 2.30. The Morgan fingerprint density at radius 1 is 1.18 bits per heavy atom. The summed E-state index contributed by atoms with van der Waals surface area (Å²) in [4.78, 5) is 0. The molecule has 1 aromatic carbocycles. The van der Waals surface area contributed by atoms with Crippen LogP contribution in [0.15, 0.2) is 22.7 Å². The van der Waals surface area contributed by atoms with E-state index in [0.717, 1.165) is 12.5 Å². The maximum absolute atomic E-state index is 3.65. The van der Waals surface area contributed by atoms with Gasteiger partial charge >= 0.3 is 0 Å². The maximum Gasteiger partial charge on any atom is 0.0350 e. The number of benzene rings is 1. The highest BCUT2D eigenvalue weighted by atomic mass is 79.9. The number of halogens is 1. The first-order valence-corrected chi connectivity index (χ1v) is 7.42. The molecule has 0 fully saturated rings. The van der Waals surface area contributed by atoms with Crippen molar-refractivity contribution in [3.8, 4) is 0 Å². The molecule has 1 unspecified atom stereocenters. The third kappa shape index (κ3) is 3.82. The Hall–Kier alpha value is -0.340. The molecular weight excluding hydrogens is 274 g/mol. The fourth-order valence-corrected chi connectivity index (χ4v) is 2.97. The molecule has 0 spiro atoms. The van der Waals surface area contributed by atoms with Crippen LogP contribution in [-0.2, 0) is 0 Å². The molecule has 0 aliphatic heterocycles. The van der Waals surface area contributed by atoms with E-state index in [2.05, 4.69) is 67.1 Å². The first-order valence-electron chi connectivity index (χ1n) is 6.63. The average Bonchev–Trinajstić information content (AvgIpc) is 2.30. The van der Waals surface area contributed by atoms with Gasteiger partial charge in [-0.15, -0.1) is 0 Å². The summed E-state index contributed by atoms with van der Waals surface area (Å²) >= 11 is 3.54. The van der Waals surface area contributed by atoms with Gasteiger partial charge in [-0.25, -0.2) is 0 Å². The molecule has 0 aliphatic rings. The van der Waals surface area contributed by atoms with Gasteiger partial charge < -0.3 is 5.32 Å². The Labute approximate surface area is 114 Å². The fourth-order valence-electron chi connectivity index (χ4n) is 2.50. The Morgan fingerprint density at radius 3 is 2.29 bits per heavy atom. The van der Waals surface area contributed by atoms with Gasteiger partial charge in [-0.2, -0.15) is 0 Å². The van der Waals surface area contributed by atoms with Crippen LogP contribution in [0, 0.1) is 12.8 Å². The number of hydrogen-bond donors (Lipinski definition) is 1. The number of hydrogen-bond acceptors (Lipinski definition) is 1. The Balaban J connectivity index is 3.03. The molecule has 17 heavy (non-hydrogen) atoms. The van der Waals surface area contributed by atoms with Crippen LogP contribution in [0.2, 0.25) is 0 Å². The third-order valence-corrected chi connectivity index (χ3v) is 4.00. The van der Waals surface area contributed by atoms with Gasteiger partial charge in [-0.1, -0.05) is 55.6 Å². The van der Waals surface area contributed by atoms with Gasteiger partial charge in [0.15, 0.2) is 0 Å². The first kappa shape index (κ1) is 14.7. The Bertz CT molecular complexity index is 345. The standard InChI is InChI=1S/C15H24BrN/c1-5-12(6-2)15(17-7-3)14-9-8-13(16)10-11(14)4/h8-10,12,15,17H,5-7H2,1-4H3. The molecule has 1 aromatic rings. The topological polar surface area (TPSA) is 12.0 Å². The van der Waals surface area contributed by atoms with Crippen molar-refractivity contribution >= 4 is 15.9 Å². The molecule has 0 bridgehead atoms. The zero-order valence-corrected chi connectivity index (χ0v) is 13.0. The molecule has 1 rings (SSSR count). The number of rotatable bonds is 6. The van der Waals surface area contributed by atoms with E-state index in [1.165, 1.54) is 28.4 Å². The largest absolute Gasteiger partial charge is 0.310 e. The molecule has 96 valence electrons. The predicted molar refractivity (Wildman–Crippen MR) is 79.4 cm³/mol. The molecule has 0 amide bonds. The van der Waals surface area contributed by atoms with Gasteiger partial charge in [0, 0.05) is 10.5 Å². The summed E-state index contributed by atoms with van der Waals surface area (Å²) in [5, 5.41) is 3.65. The van der Waals surface area contributed by atoms with Gasteiger partial charge in [-0.3, -0.25) is 0 Å². The maximum atomic E-state index is 3.65. The van der Waals surface area contributed by atoms with Crippen LogP contribution in [0.3, 0.4) is 0 Å². The second kappa shape index (κ2) is 7.17. The van der Waals surface area contributed by atoms with E-state index in [9.17, 15) is 0 Å². The lowest BCUT2D eigenvalue weighted by Crippen LogP contribution is -2.28. The molecule has 0 saturated carbocycles. The zero-order chi connectivity index (χ0) is 12.8. The number of aryl methyl sites for hydroxylation is 1. The van der Waals surface area contributed by atoms with Crippen molar-refractivity contribution in [2.45, 2.75) is 46.6 Å². The quantitative estimate of drug-likeness (QED) is 0.792. The molecule has 1 nitrogen and oxygen atoms in total. The second-order valence-electron chi connectivity index (χ2n) is 4.61. The van der Waals surface area contributed by atoms with Crippen LogP contribution in [0.1, 0.15) is 50.8 Å². The van der Waals surface area contributed by atoms with E-state index >= 15 is 0 Å². The number of nitrogens with one attached hydrogen (secondary N) is 1. The minimum absolute atomic E-state index is 0.489. The van der Waals surface area contributed by atoms with E-state index in [0.29, 0.717) is 6.04 Å². The molecule has 0 aliphatic carbocycles. The molecule has 0 saturated heterocycles. The summed E-state index contributed by atoms with van der Waals surface area (Å²) in [5.41, 5.74) is 2.82. The van der Waals surface area contributed by atoms with Gasteiger partial charge in [0.05, 0.1) is 0 Å². The van der Waals surface area contributed by atoms with Crippen LogP contribution >= 0.6 is 15.9 Å². The van der Waals surface area contributed by atoms with E-state index in [4.69, 9.17) is 0 Å². The highest BCUT2D eigenvalue weighted by molar-refractivity contribution is 9.10. The fraction of sp³-hybridized carbons (Fsp3) is 0.600. The first-order chi connectivity index (χ1) is 8.13. The lowest BCUT2D eigenvalue weighted by atomic mass is 9.87. The average molecular weight is 298 g/mol. The van der Waals surface area contributed by atoms with Crippen LogP contribution in [0.4, 0.5) is 0 Å². The van der Waals surface area contributed by atoms with Gasteiger partial charge in [0.1, 0.15) is 0 Å². The van der Waals surface area contributed by atoms with Crippen LogP contribution in [0.25, 0.3) is 0 Å². The van der Waals surface area contributed by atoms with Crippen molar-refractivity contribution in [3.05, 3.63) is 33.8 Å². The van der Waals surface area contributed by atoms with Crippen molar-refractivity contribution in [3.63, 3.8) is 0 Å². The summed E-state index contributed by atoms with van der Waals surface area (Å²) in [7, 11) is 0. The normalized spacial score (nSPS) is 13.1. The highest BCUT2D eigenvalue weighted by Gasteiger charge is 2.20. The third-order valence-electron chi connectivity index (χ3n) is 3.51. The lowest BCUT2D eigenvalue weighted by molar-refractivity contribution is 0.345. The van der Waals surface area contributed by atoms with Crippen molar-refractivity contribution in [1.29, 1.82) is 0 Å². The summed E-state index contributed by atoms with van der Waals surface area (Å²) in [6.07, 6.45) is 2.45. The van der Waals surface area contributed by atoms with Crippen LogP contribution in [-0.4, -0.2) is 6.54 Å². The SMILES string of the molecule is CCNC(c1ccc(Br)cc1C)C(CC)CC. The minimum atomic E-state index is 0.489. The summed E-state index contributed by atoms with van der Waals surface area (Å²) in [5.74, 6) is 0.717. The monoisotopic (exact) mass is 297 g/mol. The van der Waals surface area contributed by atoms with Crippen LogP contribution in [0.5, 0.6) is 0 Å². The van der Waals surface area contributed by atoms with Gasteiger partial charge in [-0.05, 0) is 42.6 Å². The van der Waals surface area contributed by atoms with Crippen LogP contribution < -0.4 is 5.32 Å². The molecule has 1 N–H and O–H groups in total. The van der Waals surface area contributed by atoms with Gasteiger partial charge in [0.25, 0.3) is 0 Å². The molecular formula is C15H24BrN. The Morgan fingerprint density at radius 2 is 1.82 bits per heavy atom. The van der Waals surface area contributed by atoms with Crippen molar-refractivity contribution in [2.24, 2.45) is 5.92 Å². The molecule has 0 aromatic heterocycles. The van der Waals surface area contributed by atoms with Crippen molar-refractivity contribution in [2.75, 3.05) is 6.54 Å². The molecule has 2 heteroatoms. The van der Waals surface area contributed by atoms with E-state index in [1.807, 2.05) is 0 Å². The Kier molecular flexibility index (Phi) is 6.21. The molecule has 1 atom stereocenters. The van der Waals surface area contributed by atoms with Crippen molar-refractivity contribution in [1.82, 2.24) is 5.32 Å². The second-order valence-corrected chi connectivity index (χ2v) is 5.53. The van der Waals surface area contributed by atoms with E-state index in [-0.39, 0.29) is 0 Å². The molecule has 0 radical (unpaired) electrons. The molecule has 0 heterocycles. The van der Waals surface area contributed by atoms with E-state index in [1.54, 1.807) is 0 Å². The zero-order valence-electron chi connectivity index (χ0n) is 11.4. The summed E-state index contributed by atoms with van der Waals surface area (Å²) in [6, 6.07) is 7.10. The lowest BCUT2D eigenvalue weighted by Gasteiger charge is -2.28. The predicted octanol–water partition coefficient (Wildman–Crippen LogP) is 4.84. The smallest absolute Gasteiger partial charge is 0.0350 e. The van der Waals surface area contributed by atoms with E-state index < -0.39 is 0 Å². The summed E-state index contributed by atoms with van der Waals surface area (Å²) < 4.78 is 1.17. The summed E-state index contributed by atoms with van der Waals surface area (Å²) in [6.45, 7) is 9.98. The van der Waals surface area contributed by atoms with Crippen molar-refractivity contribution < 1.29 is 0 Å². The van der Waals surface area contributed by atoms with Gasteiger partial charge in [0.2, 0.25) is 0 Å². The minimum Gasteiger partial charge on any atom is -0.310 e.